The summed E-state index contributed by atoms with van der Waals surface area (Å²) in [5.41, 5.74) is 1.55. The van der Waals surface area contributed by atoms with Gasteiger partial charge in [-0.25, -0.2) is 17.4 Å². The van der Waals surface area contributed by atoms with Crippen LogP contribution in [0.1, 0.15) is 10.4 Å². The maximum atomic E-state index is 12.4. The molecule has 26 heavy (non-hydrogen) atoms. The minimum Gasteiger partial charge on any atom is -0.322 e. The fourth-order valence-corrected chi connectivity index (χ4v) is 3.14. The Balaban J connectivity index is 1.78. The van der Waals surface area contributed by atoms with Crippen molar-refractivity contribution in [3.05, 3.63) is 60.4 Å². The molecular weight excluding hydrogens is 356 g/mol. The van der Waals surface area contributed by atoms with Gasteiger partial charge < -0.3 is 5.32 Å². The summed E-state index contributed by atoms with van der Waals surface area (Å²) >= 11 is 0. The third-order valence-corrected chi connectivity index (χ3v) is 5.42. The summed E-state index contributed by atoms with van der Waals surface area (Å²) in [6.07, 6.45) is 1.46. The summed E-state index contributed by atoms with van der Waals surface area (Å²) < 4.78 is 27.0. The van der Waals surface area contributed by atoms with E-state index in [-0.39, 0.29) is 10.5 Å². The lowest BCUT2D eigenvalue weighted by atomic mass is 10.2. The Kier molecular flexibility index (Phi) is 4.78. The first-order valence-electron chi connectivity index (χ1n) is 7.55. The maximum Gasteiger partial charge on any atom is 0.255 e. The van der Waals surface area contributed by atoms with Gasteiger partial charge in [0.05, 0.1) is 10.6 Å². The van der Waals surface area contributed by atoms with E-state index in [9.17, 15) is 13.2 Å². The van der Waals surface area contributed by atoms with Gasteiger partial charge in [-0.3, -0.25) is 4.79 Å². The SMILES string of the molecule is CN(C)S(=O)(=O)c1cccc(C(=O)Nc2ccc(-n3cnnn3)cc2)c1. The van der Waals surface area contributed by atoms with E-state index in [4.69, 9.17) is 0 Å². The smallest absolute Gasteiger partial charge is 0.255 e. The zero-order valence-corrected chi connectivity index (χ0v) is 14.9. The molecule has 1 aromatic heterocycles. The molecule has 3 aromatic rings. The van der Waals surface area contributed by atoms with E-state index in [2.05, 4.69) is 20.8 Å². The highest BCUT2D eigenvalue weighted by Gasteiger charge is 2.18. The van der Waals surface area contributed by atoms with Gasteiger partial charge in [0.2, 0.25) is 10.0 Å². The summed E-state index contributed by atoms with van der Waals surface area (Å²) in [4.78, 5) is 12.5. The van der Waals surface area contributed by atoms with E-state index in [1.807, 2.05) is 0 Å². The van der Waals surface area contributed by atoms with Crippen LogP contribution in [0.25, 0.3) is 5.69 Å². The molecule has 0 saturated heterocycles. The van der Waals surface area contributed by atoms with Crippen molar-refractivity contribution in [2.24, 2.45) is 0 Å². The van der Waals surface area contributed by atoms with Crippen LogP contribution in [0.3, 0.4) is 0 Å². The van der Waals surface area contributed by atoms with Crippen molar-refractivity contribution in [2.45, 2.75) is 4.90 Å². The number of carbonyl (C=O) groups excluding carboxylic acids is 1. The number of tetrazole rings is 1. The summed E-state index contributed by atoms with van der Waals surface area (Å²) in [6, 6.07) is 12.8. The van der Waals surface area contributed by atoms with Crippen LogP contribution in [0.15, 0.2) is 59.8 Å². The number of hydrogen-bond acceptors (Lipinski definition) is 6. The average molecular weight is 372 g/mol. The number of amides is 1. The normalized spacial score (nSPS) is 11.5. The van der Waals surface area contributed by atoms with Crippen molar-refractivity contribution in [1.82, 2.24) is 24.5 Å². The molecule has 2 aromatic carbocycles. The van der Waals surface area contributed by atoms with Crippen LogP contribution in [-0.4, -0.2) is 52.9 Å². The van der Waals surface area contributed by atoms with Gasteiger partial charge in [0.1, 0.15) is 6.33 Å². The molecule has 3 rings (SSSR count). The van der Waals surface area contributed by atoms with Crippen LogP contribution in [0.5, 0.6) is 0 Å². The minimum absolute atomic E-state index is 0.0594. The standard InChI is InChI=1S/C16H16N6O3S/c1-21(2)26(24,25)15-5-3-4-12(10-15)16(23)18-13-6-8-14(9-7-13)22-11-17-19-20-22/h3-11H,1-2H3,(H,18,23). The van der Waals surface area contributed by atoms with Gasteiger partial charge in [0.15, 0.2) is 0 Å². The van der Waals surface area contributed by atoms with E-state index < -0.39 is 15.9 Å². The third-order valence-electron chi connectivity index (χ3n) is 3.61. The van der Waals surface area contributed by atoms with E-state index in [0.717, 1.165) is 9.99 Å². The van der Waals surface area contributed by atoms with Crippen LogP contribution >= 0.6 is 0 Å². The van der Waals surface area contributed by atoms with Gasteiger partial charge in [-0.05, 0) is 52.9 Å². The maximum absolute atomic E-state index is 12.4. The van der Waals surface area contributed by atoms with Gasteiger partial charge in [0, 0.05) is 25.3 Å². The average Bonchev–Trinajstić information content (AvgIpc) is 3.17. The molecule has 0 aliphatic rings. The lowest BCUT2D eigenvalue weighted by Crippen LogP contribution is -2.22. The van der Waals surface area contributed by atoms with E-state index in [0.29, 0.717) is 5.69 Å². The number of rotatable bonds is 5. The fraction of sp³-hybridized carbons (Fsp3) is 0.125. The molecule has 1 heterocycles. The Labute approximate surface area is 150 Å². The molecule has 0 bridgehead atoms. The lowest BCUT2D eigenvalue weighted by molar-refractivity contribution is 0.102. The molecule has 0 saturated carbocycles. The molecule has 0 aliphatic heterocycles. The number of nitrogens with one attached hydrogen (secondary N) is 1. The second kappa shape index (κ2) is 7.02. The van der Waals surface area contributed by atoms with Crippen LogP contribution in [-0.2, 0) is 10.0 Å². The zero-order chi connectivity index (χ0) is 18.7. The van der Waals surface area contributed by atoms with E-state index in [1.54, 1.807) is 30.3 Å². The first-order valence-corrected chi connectivity index (χ1v) is 8.99. The van der Waals surface area contributed by atoms with Crippen LogP contribution in [0.2, 0.25) is 0 Å². The number of benzene rings is 2. The second-order valence-corrected chi connectivity index (χ2v) is 7.72. The molecule has 1 N–H and O–H groups in total. The van der Waals surface area contributed by atoms with Crippen molar-refractivity contribution in [1.29, 1.82) is 0 Å². The highest BCUT2D eigenvalue weighted by atomic mass is 32.2. The number of sulfonamides is 1. The van der Waals surface area contributed by atoms with Gasteiger partial charge in [-0.2, -0.15) is 0 Å². The molecule has 0 fully saturated rings. The Morgan fingerprint density at radius 1 is 1.12 bits per heavy atom. The molecule has 0 atom stereocenters. The summed E-state index contributed by atoms with van der Waals surface area (Å²) in [5.74, 6) is -0.407. The van der Waals surface area contributed by atoms with Crippen molar-refractivity contribution in [2.75, 3.05) is 19.4 Å². The van der Waals surface area contributed by atoms with E-state index in [1.165, 1.54) is 43.3 Å². The molecule has 10 heteroatoms. The molecule has 0 aliphatic carbocycles. The predicted octanol–water partition coefficient (Wildman–Crippen LogP) is 1.16. The first-order chi connectivity index (χ1) is 12.4. The topological polar surface area (TPSA) is 110 Å². The Morgan fingerprint density at radius 2 is 1.85 bits per heavy atom. The highest BCUT2D eigenvalue weighted by molar-refractivity contribution is 7.89. The van der Waals surface area contributed by atoms with Crippen molar-refractivity contribution < 1.29 is 13.2 Å². The summed E-state index contributed by atoms with van der Waals surface area (Å²) in [5, 5.41) is 13.6. The molecule has 1 amide bonds. The number of aromatic nitrogens is 4. The second-order valence-electron chi connectivity index (χ2n) is 5.57. The van der Waals surface area contributed by atoms with Crippen molar-refractivity contribution in [3.63, 3.8) is 0 Å². The molecule has 0 spiro atoms. The van der Waals surface area contributed by atoms with Gasteiger partial charge in [0.25, 0.3) is 5.91 Å². The fourth-order valence-electron chi connectivity index (χ4n) is 2.19. The molecule has 134 valence electrons. The lowest BCUT2D eigenvalue weighted by Gasteiger charge is -2.12. The predicted molar refractivity (Wildman–Crippen MR) is 94.4 cm³/mol. The first kappa shape index (κ1) is 17.7. The molecule has 0 radical (unpaired) electrons. The monoisotopic (exact) mass is 372 g/mol. The zero-order valence-electron chi connectivity index (χ0n) is 14.1. The molecule has 0 unspecified atom stereocenters. The third kappa shape index (κ3) is 3.60. The Bertz CT molecular complexity index is 1010. The Morgan fingerprint density at radius 3 is 2.46 bits per heavy atom. The van der Waals surface area contributed by atoms with Gasteiger partial charge in [-0.15, -0.1) is 5.10 Å². The number of nitrogens with zero attached hydrogens (tertiary/aromatic N) is 5. The summed E-state index contributed by atoms with van der Waals surface area (Å²) in [6.45, 7) is 0. The number of anilines is 1. The van der Waals surface area contributed by atoms with Crippen molar-refractivity contribution >= 4 is 21.6 Å². The number of hydrogen-bond donors (Lipinski definition) is 1. The van der Waals surface area contributed by atoms with Crippen LogP contribution < -0.4 is 5.32 Å². The summed E-state index contributed by atoms with van der Waals surface area (Å²) in [7, 11) is -0.727. The highest BCUT2D eigenvalue weighted by Crippen LogP contribution is 2.17. The largest absolute Gasteiger partial charge is 0.322 e. The molecule has 9 nitrogen and oxygen atoms in total. The van der Waals surface area contributed by atoms with Crippen LogP contribution in [0, 0.1) is 0 Å². The van der Waals surface area contributed by atoms with Gasteiger partial charge >= 0.3 is 0 Å². The quantitative estimate of drug-likeness (QED) is 0.720. The van der Waals surface area contributed by atoms with Crippen LogP contribution in [0.4, 0.5) is 5.69 Å². The van der Waals surface area contributed by atoms with E-state index >= 15 is 0 Å². The Hall–Kier alpha value is -3.11. The van der Waals surface area contributed by atoms with Crippen molar-refractivity contribution in [3.8, 4) is 5.69 Å². The molecular formula is C16H16N6O3S. The van der Waals surface area contributed by atoms with Gasteiger partial charge in [-0.1, -0.05) is 6.07 Å². The minimum atomic E-state index is -3.60. The number of carbonyl (C=O) groups is 1.